The Hall–Kier alpha value is -2.38. The van der Waals surface area contributed by atoms with E-state index in [1.165, 1.54) is 28.7 Å². The summed E-state index contributed by atoms with van der Waals surface area (Å²) in [5, 5.41) is 12.5. The molecule has 0 atom stereocenters. The van der Waals surface area contributed by atoms with Gasteiger partial charge in [0.05, 0.1) is 5.75 Å². The Morgan fingerprint density at radius 3 is 2.43 bits per heavy atom. The molecular weight excluding hydrogens is 412 g/mol. The Labute approximate surface area is 186 Å². The van der Waals surface area contributed by atoms with Crippen molar-refractivity contribution in [2.24, 2.45) is 0 Å². The van der Waals surface area contributed by atoms with Gasteiger partial charge >= 0.3 is 0 Å². The van der Waals surface area contributed by atoms with Gasteiger partial charge in [-0.3, -0.25) is 4.79 Å². The van der Waals surface area contributed by atoms with Crippen LogP contribution in [0.4, 0.5) is 5.13 Å². The van der Waals surface area contributed by atoms with Gasteiger partial charge < -0.3 is 10.2 Å². The molecule has 1 amide bonds. The molecule has 30 heavy (non-hydrogen) atoms. The van der Waals surface area contributed by atoms with Crippen LogP contribution in [0.1, 0.15) is 30.9 Å². The molecule has 0 unspecified atom stereocenters. The van der Waals surface area contributed by atoms with E-state index in [9.17, 15) is 4.79 Å². The fourth-order valence-electron chi connectivity index (χ4n) is 2.93. The lowest BCUT2D eigenvalue weighted by molar-refractivity contribution is -0.128. The lowest BCUT2D eigenvalue weighted by atomic mass is 10.1. The van der Waals surface area contributed by atoms with Gasteiger partial charge in [-0.15, -0.1) is 10.2 Å². The van der Waals surface area contributed by atoms with Crippen LogP contribution in [-0.2, 0) is 17.8 Å². The Bertz CT molecular complexity index is 886. The molecule has 0 saturated heterocycles. The predicted octanol–water partition coefficient (Wildman–Crippen LogP) is 5.11. The summed E-state index contributed by atoms with van der Waals surface area (Å²) in [6.07, 6.45) is 3.09. The quantitative estimate of drug-likeness (QED) is 0.313. The number of benzene rings is 2. The van der Waals surface area contributed by atoms with Crippen molar-refractivity contribution in [3.63, 3.8) is 0 Å². The third kappa shape index (κ3) is 7.46. The molecule has 0 spiro atoms. The lowest BCUT2D eigenvalue weighted by Gasteiger charge is -2.23. The molecular formula is C23H28N4OS2. The van der Waals surface area contributed by atoms with E-state index in [1.54, 1.807) is 0 Å². The number of amides is 1. The maximum atomic E-state index is 13.0. The standard InChI is InChI=1S/C23H28N4OS2/c1-2-3-15-24-22-25-26-23(30-22)29-18-21(28)27(17-20-12-8-5-9-13-20)16-14-19-10-6-4-7-11-19/h4-13H,2-3,14-18H2,1H3,(H,24,25). The van der Waals surface area contributed by atoms with Crippen molar-refractivity contribution in [2.75, 3.05) is 24.2 Å². The van der Waals surface area contributed by atoms with E-state index in [2.05, 4.69) is 46.7 Å². The highest BCUT2D eigenvalue weighted by Gasteiger charge is 2.16. The molecule has 0 aliphatic rings. The first-order valence-corrected chi connectivity index (χ1v) is 12.1. The van der Waals surface area contributed by atoms with Crippen molar-refractivity contribution in [2.45, 2.75) is 37.1 Å². The van der Waals surface area contributed by atoms with Gasteiger partial charge in [0.25, 0.3) is 0 Å². The van der Waals surface area contributed by atoms with Crippen LogP contribution in [0.5, 0.6) is 0 Å². The van der Waals surface area contributed by atoms with E-state index in [1.807, 2.05) is 41.3 Å². The molecule has 158 valence electrons. The predicted molar refractivity (Wildman–Crippen MR) is 126 cm³/mol. The summed E-state index contributed by atoms with van der Waals surface area (Å²) in [4.78, 5) is 14.9. The van der Waals surface area contributed by atoms with Gasteiger partial charge in [0, 0.05) is 19.6 Å². The monoisotopic (exact) mass is 440 g/mol. The molecule has 0 aliphatic carbocycles. The highest BCUT2D eigenvalue weighted by Crippen LogP contribution is 2.26. The summed E-state index contributed by atoms with van der Waals surface area (Å²) in [6, 6.07) is 20.5. The number of carbonyl (C=O) groups is 1. The first-order chi connectivity index (χ1) is 14.7. The van der Waals surface area contributed by atoms with Gasteiger partial charge in [-0.2, -0.15) is 0 Å². The van der Waals surface area contributed by atoms with Crippen LogP contribution in [0.2, 0.25) is 0 Å². The number of carbonyl (C=O) groups excluding carboxylic acids is 1. The van der Waals surface area contributed by atoms with E-state index < -0.39 is 0 Å². The van der Waals surface area contributed by atoms with Crippen molar-refractivity contribution in [1.82, 2.24) is 15.1 Å². The van der Waals surface area contributed by atoms with E-state index >= 15 is 0 Å². The number of thioether (sulfide) groups is 1. The molecule has 0 radical (unpaired) electrons. The van der Waals surface area contributed by atoms with Crippen LogP contribution >= 0.6 is 23.1 Å². The smallest absolute Gasteiger partial charge is 0.233 e. The summed E-state index contributed by atoms with van der Waals surface area (Å²) >= 11 is 2.97. The minimum absolute atomic E-state index is 0.121. The van der Waals surface area contributed by atoms with Crippen molar-refractivity contribution in [3.8, 4) is 0 Å². The largest absolute Gasteiger partial charge is 0.360 e. The Balaban J connectivity index is 1.56. The number of nitrogens with zero attached hydrogens (tertiary/aromatic N) is 3. The minimum Gasteiger partial charge on any atom is -0.360 e. The third-order valence-corrected chi connectivity index (χ3v) is 6.61. The zero-order chi connectivity index (χ0) is 21.0. The zero-order valence-electron chi connectivity index (χ0n) is 17.3. The molecule has 1 N–H and O–H groups in total. The second kappa shape index (κ2) is 12.3. The summed E-state index contributed by atoms with van der Waals surface area (Å²) in [6.45, 7) is 4.37. The van der Waals surface area contributed by atoms with E-state index in [0.717, 1.165) is 40.8 Å². The van der Waals surface area contributed by atoms with E-state index in [-0.39, 0.29) is 5.91 Å². The van der Waals surface area contributed by atoms with Crippen LogP contribution in [-0.4, -0.2) is 39.8 Å². The molecule has 0 bridgehead atoms. The van der Waals surface area contributed by atoms with Crippen LogP contribution in [0, 0.1) is 0 Å². The molecule has 0 aliphatic heterocycles. The molecule has 1 heterocycles. The van der Waals surface area contributed by atoms with Crippen LogP contribution in [0.25, 0.3) is 0 Å². The minimum atomic E-state index is 0.121. The molecule has 5 nitrogen and oxygen atoms in total. The number of hydrogen-bond donors (Lipinski definition) is 1. The summed E-state index contributed by atoms with van der Waals surface area (Å²) in [5.41, 5.74) is 2.38. The molecule has 1 aromatic heterocycles. The highest BCUT2D eigenvalue weighted by atomic mass is 32.2. The van der Waals surface area contributed by atoms with Crippen LogP contribution < -0.4 is 5.32 Å². The van der Waals surface area contributed by atoms with E-state index in [0.29, 0.717) is 18.8 Å². The number of aromatic nitrogens is 2. The van der Waals surface area contributed by atoms with Gasteiger partial charge in [-0.25, -0.2) is 0 Å². The van der Waals surface area contributed by atoms with Gasteiger partial charge in [0.1, 0.15) is 0 Å². The summed E-state index contributed by atoms with van der Waals surface area (Å²) in [5.74, 6) is 0.487. The summed E-state index contributed by atoms with van der Waals surface area (Å²) in [7, 11) is 0. The van der Waals surface area contributed by atoms with Gasteiger partial charge in [0.2, 0.25) is 11.0 Å². The maximum absolute atomic E-state index is 13.0. The molecule has 2 aromatic carbocycles. The number of unbranched alkanes of at least 4 members (excludes halogenated alkanes) is 1. The number of anilines is 1. The van der Waals surface area contributed by atoms with Crippen molar-refractivity contribution >= 4 is 34.1 Å². The van der Waals surface area contributed by atoms with Crippen molar-refractivity contribution in [3.05, 3.63) is 71.8 Å². The first-order valence-electron chi connectivity index (χ1n) is 10.3. The average molecular weight is 441 g/mol. The second-order valence-corrected chi connectivity index (χ2v) is 9.18. The van der Waals surface area contributed by atoms with Crippen LogP contribution in [0.3, 0.4) is 0 Å². The fraction of sp³-hybridized carbons (Fsp3) is 0.348. The van der Waals surface area contributed by atoms with Gasteiger partial charge in [-0.1, -0.05) is 97.1 Å². The van der Waals surface area contributed by atoms with Gasteiger partial charge in [-0.05, 0) is 24.0 Å². The van der Waals surface area contributed by atoms with Gasteiger partial charge in [0.15, 0.2) is 4.34 Å². The topological polar surface area (TPSA) is 58.1 Å². The molecule has 3 rings (SSSR count). The maximum Gasteiger partial charge on any atom is 0.233 e. The SMILES string of the molecule is CCCCNc1nnc(SCC(=O)N(CCc2ccccc2)Cc2ccccc2)s1. The molecule has 3 aromatic rings. The molecule has 0 saturated carbocycles. The number of nitrogens with one attached hydrogen (secondary N) is 1. The van der Waals surface area contributed by atoms with Crippen molar-refractivity contribution < 1.29 is 4.79 Å². The highest BCUT2D eigenvalue weighted by molar-refractivity contribution is 8.01. The Morgan fingerprint density at radius 2 is 1.73 bits per heavy atom. The Morgan fingerprint density at radius 1 is 1.03 bits per heavy atom. The summed E-state index contributed by atoms with van der Waals surface area (Å²) < 4.78 is 0.824. The number of rotatable bonds is 12. The van der Waals surface area contributed by atoms with Crippen molar-refractivity contribution in [1.29, 1.82) is 0 Å². The fourth-order valence-corrected chi connectivity index (χ4v) is 4.61. The molecule has 0 fully saturated rings. The first kappa shape index (κ1) is 22.3. The second-order valence-electron chi connectivity index (χ2n) is 6.98. The molecule has 7 heteroatoms. The zero-order valence-corrected chi connectivity index (χ0v) is 18.9. The third-order valence-electron chi connectivity index (χ3n) is 4.61. The van der Waals surface area contributed by atoms with E-state index in [4.69, 9.17) is 0 Å². The van der Waals surface area contributed by atoms with Crippen LogP contribution in [0.15, 0.2) is 65.0 Å². The average Bonchev–Trinajstić information content (AvgIpc) is 3.24. The lowest BCUT2D eigenvalue weighted by Crippen LogP contribution is -2.33. The number of hydrogen-bond acceptors (Lipinski definition) is 6. The normalized spacial score (nSPS) is 10.7. The Kier molecular flexibility index (Phi) is 9.18.